The van der Waals surface area contributed by atoms with E-state index in [1.165, 1.54) is 48.7 Å². The van der Waals surface area contributed by atoms with Gasteiger partial charge in [0.05, 0.1) is 0 Å². The molecule has 0 aromatic carbocycles. The highest BCUT2D eigenvalue weighted by atomic mass is 32.1. The van der Waals surface area contributed by atoms with E-state index in [1.54, 1.807) is 0 Å². The number of rotatable bonds is 7. The quantitative estimate of drug-likeness (QED) is 0.822. The summed E-state index contributed by atoms with van der Waals surface area (Å²) in [6, 6.07) is 4.53. The van der Waals surface area contributed by atoms with Gasteiger partial charge in [-0.25, -0.2) is 0 Å². The molecule has 2 heterocycles. The fourth-order valence-corrected chi connectivity index (χ4v) is 3.72. The molecule has 3 heteroatoms. The molecule has 1 aliphatic heterocycles. The number of hydrogen-bond donors (Lipinski definition) is 1. The van der Waals surface area contributed by atoms with Crippen LogP contribution in [-0.2, 0) is 13.0 Å². The molecule has 2 rings (SSSR count). The third-order valence-electron chi connectivity index (χ3n) is 3.88. The van der Waals surface area contributed by atoms with Crippen molar-refractivity contribution in [1.29, 1.82) is 0 Å². The van der Waals surface area contributed by atoms with Crippen LogP contribution in [0.25, 0.3) is 0 Å². The smallest absolute Gasteiger partial charge is 0.0299 e. The first-order chi connectivity index (χ1) is 9.28. The summed E-state index contributed by atoms with van der Waals surface area (Å²) in [5.74, 6) is 0.753. The average Bonchev–Trinajstić information content (AvgIpc) is 2.88. The molecule has 1 fully saturated rings. The van der Waals surface area contributed by atoms with E-state index >= 15 is 0 Å². The van der Waals surface area contributed by atoms with Crippen molar-refractivity contribution >= 4 is 11.3 Å². The lowest BCUT2D eigenvalue weighted by Gasteiger charge is -2.29. The van der Waals surface area contributed by atoms with E-state index < -0.39 is 0 Å². The van der Waals surface area contributed by atoms with Crippen LogP contribution in [-0.4, -0.2) is 31.1 Å². The van der Waals surface area contributed by atoms with Crippen LogP contribution in [0.2, 0.25) is 0 Å². The molecule has 1 aliphatic rings. The number of thiophene rings is 1. The first-order valence-corrected chi connectivity index (χ1v) is 8.60. The van der Waals surface area contributed by atoms with Crippen LogP contribution in [0.1, 0.15) is 42.9 Å². The Kier molecular flexibility index (Phi) is 6.35. The van der Waals surface area contributed by atoms with Crippen LogP contribution >= 0.6 is 11.3 Å². The lowest BCUT2D eigenvalue weighted by Crippen LogP contribution is -2.36. The molecule has 0 saturated carbocycles. The molecule has 1 aromatic rings. The predicted octanol–water partition coefficient (Wildman–Crippen LogP) is 3.52. The molecule has 0 amide bonds. The number of aryl methyl sites for hydroxylation is 1. The standard InChI is InChI=1S/C16H28N2S/c1-3-15-7-8-16(19-15)12-17-11-14(2)13-18-9-5-4-6-10-18/h7-8,14,17H,3-6,9-13H2,1-2H3. The van der Waals surface area contributed by atoms with Gasteiger partial charge in [-0.2, -0.15) is 0 Å². The molecule has 19 heavy (non-hydrogen) atoms. The zero-order valence-electron chi connectivity index (χ0n) is 12.5. The monoisotopic (exact) mass is 280 g/mol. The van der Waals surface area contributed by atoms with Gasteiger partial charge in [-0.05, 0) is 56.9 Å². The SMILES string of the molecule is CCc1ccc(CNCC(C)CN2CCCCC2)s1. The first kappa shape index (κ1) is 15.0. The largest absolute Gasteiger partial charge is 0.312 e. The Morgan fingerprint density at radius 2 is 1.95 bits per heavy atom. The van der Waals surface area contributed by atoms with E-state index in [4.69, 9.17) is 0 Å². The highest BCUT2D eigenvalue weighted by Crippen LogP contribution is 2.16. The van der Waals surface area contributed by atoms with Crippen molar-refractivity contribution in [3.05, 3.63) is 21.9 Å². The minimum atomic E-state index is 0.753. The van der Waals surface area contributed by atoms with E-state index in [1.807, 2.05) is 11.3 Å². The minimum absolute atomic E-state index is 0.753. The lowest BCUT2D eigenvalue weighted by atomic mass is 10.1. The molecule has 0 aliphatic carbocycles. The van der Waals surface area contributed by atoms with Gasteiger partial charge >= 0.3 is 0 Å². The Bertz CT molecular complexity index is 355. The highest BCUT2D eigenvalue weighted by Gasteiger charge is 2.13. The second-order valence-electron chi connectivity index (χ2n) is 5.82. The number of nitrogens with zero attached hydrogens (tertiary/aromatic N) is 1. The Balaban J connectivity index is 1.61. The highest BCUT2D eigenvalue weighted by molar-refractivity contribution is 7.11. The molecule has 2 nitrogen and oxygen atoms in total. The number of piperidine rings is 1. The normalized spacial score (nSPS) is 18.6. The van der Waals surface area contributed by atoms with Crippen LogP contribution in [0.15, 0.2) is 12.1 Å². The third kappa shape index (κ3) is 5.25. The van der Waals surface area contributed by atoms with E-state index in [9.17, 15) is 0 Å². The van der Waals surface area contributed by atoms with Crippen molar-refractivity contribution < 1.29 is 0 Å². The zero-order chi connectivity index (χ0) is 13.5. The van der Waals surface area contributed by atoms with Crippen LogP contribution in [0, 0.1) is 5.92 Å². The second kappa shape index (κ2) is 8.03. The summed E-state index contributed by atoms with van der Waals surface area (Å²) in [5.41, 5.74) is 0. The third-order valence-corrected chi connectivity index (χ3v) is 5.11. The molecular formula is C16H28N2S. The van der Waals surface area contributed by atoms with E-state index in [-0.39, 0.29) is 0 Å². The van der Waals surface area contributed by atoms with Gasteiger partial charge in [0.25, 0.3) is 0 Å². The molecule has 108 valence electrons. The summed E-state index contributed by atoms with van der Waals surface area (Å²) in [4.78, 5) is 5.61. The van der Waals surface area contributed by atoms with Gasteiger partial charge in [-0.15, -0.1) is 11.3 Å². The van der Waals surface area contributed by atoms with Crippen LogP contribution in [0.5, 0.6) is 0 Å². The van der Waals surface area contributed by atoms with Gasteiger partial charge in [0, 0.05) is 22.8 Å². The predicted molar refractivity (Wildman–Crippen MR) is 84.9 cm³/mol. The van der Waals surface area contributed by atoms with Gasteiger partial charge in [-0.1, -0.05) is 20.3 Å². The zero-order valence-corrected chi connectivity index (χ0v) is 13.3. The van der Waals surface area contributed by atoms with E-state index in [0.717, 1.165) is 25.4 Å². The molecule has 1 saturated heterocycles. The molecule has 0 radical (unpaired) electrons. The van der Waals surface area contributed by atoms with Gasteiger partial charge in [0.15, 0.2) is 0 Å². The van der Waals surface area contributed by atoms with Gasteiger partial charge in [0.1, 0.15) is 0 Å². The van der Waals surface area contributed by atoms with E-state index in [0.29, 0.717) is 0 Å². The molecule has 0 spiro atoms. The summed E-state index contributed by atoms with van der Waals surface area (Å²) in [6.07, 6.45) is 5.39. The molecule has 1 aromatic heterocycles. The van der Waals surface area contributed by atoms with Crippen LogP contribution in [0.4, 0.5) is 0 Å². The second-order valence-corrected chi connectivity index (χ2v) is 7.07. The lowest BCUT2D eigenvalue weighted by molar-refractivity contribution is 0.199. The summed E-state index contributed by atoms with van der Waals surface area (Å²) in [7, 11) is 0. The number of likely N-dealkylation sites (tertiary alicyclic amines) is 1. The van der Waals surface area contributed by atoms with Gasteiger partial charge in [-0.3, -0.25) is 0 Å². The van der Waals surface area contributed by atoms with Gasteiger partial charge in [0.2, 0.25) is 0 Å². The van der Waals surface area contributed by atoms with Crippen molar-refractivity contribution in [2.24, 2.45) is 5.92 Å². The summed E-state index contributed by atoms with van der Waals surface area (Å²) < 4.78 is 0. The maximum Gasteiger partial charge on any atom is 0.0299 e. The molecular weight excluding hydrogens is 252 g/mol. The van der Waals surface area contributed by atoms with Crippen molar-refractivity contribution in [2.75, 3.05) is 26.2 Å². The van der Waals surface area contributed by atoms with E-state index in [2.05, 4.69) is 36.2 Å². The van der Waals surface area contributed by atoms with Crippen molar-refractivity contribution in [1.82, 2.24) is 10.2 Å². The number of nitrogens with one attached hydrogen (secondary N) is 1. The fourth-order valence-electron chi connectivity index (χ4n) is 2.80. The van der Waals surface area contributed by atoms with Crippen LogP contribution < -0.4 is 5.32 Å². The maximum absolute atomic E-state index is 3.61. The summed E-state index contributed by atoms with van der Waals surface area (Å²) in [5, 5.41) is 3.61. The Labute approximate surface area is 122 Å². The molecule has 0 bridgehead atoms. The summed E-state index contributed by atoms with van der Waals surface area (Å²) in [6.45, 7) is 10.7. The van der Waals surface area contributed by atoms with Crippen molar-refractivity contribution in [3.63, 3.8) is 0 Å². The minimum Gasteiger partial charge on any atom is -0.312 e. The molecule has 1 N–H and O–H groups in total. The fraction of sp³-hybridized carbons (Fsp3) is 0.750. The van der Waals surface area contributed by atoms with Gasteiger partial charge < -0.3 is 10.2 Å². The average molecular weight is 280 g/mol. The van der Waals surface area contributed by atoms with Crippen molar-refractivity contribution in [2.45, 2.75) is 46.1 Å². The Hall–Kier alpha value is -0.380. The van der Waals surface area contributed by atoms with Crippen LogP contribution in [0.3, 0.4) is 0 Å². The summed E-state index contributed by atoms with van der Waals surface area (Å²) >= 11 is 1.95. The number of hydrogen-bond acceptors (Lipinski definition) is 3. The Morgan fingerprint density at radius 1 is 1.21 bits per heavy atom. The topological polar surface area (TPSA) is 15.3 Å². The first-order valence-electron chi connectivity index (χ1n) is 7.78. The van der Waals surface area contributed by atoms with Crippen molar-refractivity contribution in [3.8, 4) is 0 Å². The molecule has 1 unspecified atom stereocenters. The Morgan fingerprint density at radius 3 is 2.63 bits per heavy atom. The maximum atomic E-state index is 3.61. The molecule has 1 atom stereocenters.